The molecule has 5 nitrogen and oxygen atoms in total. The van der Waals surface area contributed by atoms with Crippen LogP contribution in [-0.4, -0.2) is 41.7 Å². The fourth-order valence-corrected chi connectivity index (χ4v) is 3.09. The van der Waals surface area contributed by atoms with Gasteiger partial charge in [-0.3, -0.25) is 0 Å². The Morgan fingerprint density at radius 1 is 1.38 bits per heavy atom. The SMILES string of the molecule is COC1CCN(c2nc3ccccn3c2CC(C)N)CC1. The zero-order valence-electron chi connectivity index (χ0n) is 12.8. The minimum atomic E-state index is 0.125. The molecule has 0 radical (unpaired) electrons. The number of nitrogens with zero attached hydrogens (tertiary/aromatic N) is 3. The van der Waals surface area contributed by atoms with E-state index in [9.17, 15) is 0 Å². The van der Waals surface area contributed by atoms with E-state index >= 15 is 0 Å². The van der Waals surface area contributed by atoms with Gasteiger partial charge in [-0.25, -0.2) is 4.98 Å². The van der Waals surface area contributed by atoms with Crippen LogP contribution in [0.25, 0.3) is 5.65 Å². The van der Waals surface area contributed by atoms with Crippen LogP contribution in [0.5, 0.6) is 0 Å². The Morgan fingerprint density at radius 3 is 2.81 bits per heavy atom. The van der Waals surface area contributed by atoms with Crippen molar-refractivity contribution in [1.29, 1.82) is 0 Å². The zero-order chi connectivity index (χ0) is 14.8. The molecule has 0 amide bonds. The van der Waals surface area contributed by atoms with Gasteiger partial charge in [0.2, 0.25) is 0 Å². The van der Waals surface area contributed by atoms with Gasteiger partial charge in [-0.1, -0.05) is 6.07 Å². The number of aromatic nitrogens is 2. The highest BCUT2D eigenvalue weighted by molar-refractivity contribution is 5.56. The lowest BCUT2D eigenvalue weighted by atomic mass is 10.1. The summed E-state index contributed by atoms with van der Waals surface area (Å²) in [6.07, 6.45) is 5.41. The number of nitrogens with two attached hydrogens (primary N) is 1. The maximum atomic E-state index is 6.04. The van der Waals surface area contributed by atoms with Gasteiger partial charge in [0.15, 0.2) is 5.82 Å². The fraction of sp³-hybridized carbons (Fsp3) is 0.562. The molecule has 0 saturated carbocycles. The van der Waals surface area contributed by atoms with Crippen molar-refractivity contribution in [2.24, 2.45) is 5.73 Å². The molecule has 3 heterocycles. The first-order chi connectivity index (χ1) is 10.2. The van der Waals surface area contributed by atoms with Crippen molar-refractivity contribution in [3.8, 4) is 0 Å². The summed E-state index contributed by atoms with van der Waals surface area (Å²) in [5.74, 6) is 1.09. The van der Waals surface area contributed by atoms with Crippen molar-refractivity contribution in [1.82, 2.24) is 9.38 Å². The molecule has 0 aliphatic carbocycles. The summed E-state index contributed by atoms with van der Waals surface area (Å²) in [5, 5.41) is 0. The Hall–Kier alpha value is -1.59. The molecule has 2 aromatic rings. The van der Waals surface area contributed by atoms with E-state index in [0.29, 0.717) is 6.10 Å². The van der Waals surface area contributed by atoms with E-state index in [4.69, 9.17) is 15.5 Å². The van der Waals surface area contributed by atoms with Gasteiger partial charge in [-0.2, -0.15) is 0 Å². The summed E-state index contributed by atoms with van der Waals surface area (Å²) < 4.78 is 7.62. The van der Waals surface area contributed by atoms with Crippen LogP contribution in [0, 0.1) is 0 Å². The van der Waals surface area contributed by atoms with Gasteiger partial charge in [-0.15, -0.1) is 0 Å². The Kier molecular flexibility index (Phi) is 4.12. The van der Waals surface area contributed by atoms with E-state index in [2.05, 4.69) is 21.6 Å². The standard InChI is InChI=1S/C16H24N4O/c1-12(17)11-14-16(18-15-5-3-4-8-20(14)15)19-9-6-13(21-2)7-10-19/h3-5,8,12-13H,6-7,9-11,17H2,1-2H3. The predicted molar refractivity (Wildman–Crippen MR) is 84.8 cm³/mol. The second kappa shape index (κ2) is 6.03. The van der Waals surface area contributed by atoms with Crippen LogP contribution >= 0.6 is 0 Å². The molecule has 1 atom stereocenters. The number of ether oxygens (including phenoxy) is 1. The molecule has 5 heteroatoms. The topological polar surface area (TPSA) is 55.8 Å². The van der Waals surface area contributed by atoms with Gasteiger partial charge in [0.05, 0.1) is 11.8 Å². The van der Waals surface area contributed by atoms with Gasteiger partial charge in [0, 0.05) is 38.9 Å². The molecular formula is C16H24N4O. The number of anilines is 1. The average molecular weight is 288 g/mol. The quantitative estimate of drug-likeness (QED) is 0.932. The van der Waals surface area contributed by atoms with E-state index in [-0.39, 0.29) is 6.04 Å². The third kappa shape index (κ3) is 2.89. The second-order valence-corrected chi connectivity index (χ2v) is 5.91. The lowest BCUT2D eigenvalue weighted by Crippen LogP contribution is -2.37. The number of hydrogen-bond acceptors (Lipinski definition) is 4. The Labute approximate surface area is 125 Å². The molecule has 1 aliphatic heterocycles. The van der Waals surface area contributed by atoms with Crippen molar-refractivity contribution in [2.45, 2.75) is 38.3 Å². The zero-order valence-corrected chi connectivity index (χ0v) is 12.8. The summed E-state index contributed by atoms with van der Waals surface area (Å²) in [6.45, 7) is 4.03. The molecule has 0 bridgehead atoms. The van der Waals surface area contributed by atoms with Crippen molar-refractivity contribution in [2.75, 3.05) is 25.1 Å². The molecule has 1 unspecified atom stereocenters. The molecule has 2 aromatic heterocycles. The minimum absolute atomic E-state index is 0.125. The highest BCUT2D eigenvalue weighted by Gasteiger charge is 2.24. The maximum Gasteiger partial charge on any atom is 0.151 e. The number of imidazole rings is 1. The average Bonchev–Trinajstić information content (AvgIpc) is 2.86. The lowest BCUT2D eigenvalue weighted by Gasteiger charge is -2.32. The molecule has 2 N–H and O–H groups in total. The normalized spacial score (nSPS) is 18.3. The molecule has 1 fully saturated rings. The van der Waals surface area contributed by atoms with Gasteiger partial charge in [-0.05, 0) is 31.9 Å². The van der Waals surface area contributed by atoms with Gasteiger partial charge >= 0.3 is 0 Å². The molecule has 114 valence electrons. The Bertz CT molecular complexity index is 599. The first kappa shape index (κ1) is 14.4. The first-order valence-corrected chi connectivity index (χ1v) is 7.68. The van der Waals surface area contributed by atoms with E-state index in [1.807, 2.05) is 19.1 Å². The smallest absolute Gasteiger partial charge is 0.151 e. The van der Waals surface area contributed by atoms with Crippen LogP contribution in [0.15, 0.2) is 24.4 Å². The summed E-state index contributed by atoms with van der Waals surface area (Å²) in [6, 6.07) is 6.25. The van der Waals surface area contributed by atoms with Crippen LogP contribution in [0.4, 0.5) is 5.82 Å². The van der Waals surface area contributed by atoms with Crippen molar-refractivity contribution in [3.05, 3.63) is 30.1 Å². The molecule has 1 aliphatic rings. The van der Waals surface area contributed by atoms with E-state index in [1.54, 1.807) is 7.11 Å². The Morgan fingerprint density at radius 2 is 2.14 bits per heavy atom. The second-order valence-electron chi connectivity index (χ2n) is 5.91. The lowest BCUT2D eigenvalue weighted by molar-refractivity contribution is 0.0818. The van der Waals surface area contributed by atoms with Crippen molar-refractivity contribution < 1.29 is 4.74 Å². The summed E-state index contributed by atoms with van der Waals surface area (Å²) in [4.78, 5) is 7.21. The fourth-order valence-electron chi connectivity index (χ4n) is 3.09. The maximum absolute atomic E-state index is 6.04. The summed E-state index contributed by atoms with van der Waals surface area (Å²) in [7, 11) is 1.80. The number of hydrogen-bond donors (Lipinski definition) is 1. The number of rotatable bonds is 4. The monoisotopic (exact) mass is 288 g/mol. The largest absolute Gasteiger partial charge is 0.381 e. The number of methoxy groups -OCH3 is 1. The van der Waals surface area contributed by atoms with Crippen LogP contribution in [-0.2, 0) is 11.2 Å². The predicted octanol–water partition coefficient (Wildman–Crippen LogP) is 1.84. The van der Waals surface area contributed by atoms with Crippen LogP contribution in [0.3, 0.4) is 0 Å². The molecule has 21 heavy (non-hydrogen) atoms. The molecule has 0 aromatic carbocycles. The molecule has 3 rings (SSSR count). The third-order valence-electron chi connectivity index (χ3n) is 4.20. The van der Waals surface area contributed by atoms with Crippen LogP contribution in [0.2, 0.25) is 0 Å². The van der Waals surface area contributed by atoms with Crippen molar-refractivity contribution >= 4 is 11.5 Å². The molecule has 0 spiro atoms. The van der Waals surface area contributed by atoms with E-state index in [1.165, 1.54) is 5.69 Å². The Balaban J connectivity index is 1.93. The molecular weight excluding hydrogens is 264 g/mol. The van der Waals surface area contributed by atoms with Gasteiger partial charge < -0.3 is 19.8 Å². The van der Waals surface area contributed by atoms with Gasteiger partial charge in [0.1, 0.15) is 5.65 Å². The third-order valence-corrected chi connectivity index (χ3v) is 4.20. The number of fused-ring (bicyclic) bond motifs is 1. The molecule has 1 saturated heterocycles. The van der Waals surface area contributed by atoms with Crippen LogP contribution < -0.4 is 10.6 Å². The highest BCUT2D eigenvalue weighted by atomic mass is 16.5. The summed E-state index contributed by atoms with van der Waals surface area (Å²) in [5.41, 5.74) is 8.25. The highest BCUT2D eigenvalue weighted by Crippen LogP contribution is 2.26. The number of piperidine rings is 1. The van der Waals surface area contributed by atoms with E-state index < -0.39 is 0 Å². The summed E-state index contributed by atoms with van der Waals surface area (Å²) >= 11 is 0. The van der Waals surface area contributed by atoms with Gasteiger partial charge in [0.25, 0.3) is 0 Å². The van der Waals surface area contributed by atoms with Crippen LogP contribution in [0.1, 0.15) is 25.5 Å². The van der Waals surface area contributed by atoms with Crippen molar-refractivity contribution in [3.63, 3.8) is 0 Å². The minimum Gasteiger partial charge on any atom is -0.381 e. The number of pyridine rings is 1. The first-order valence-electron chi connectivity index (χ1n) is 7.68. The van der Waals surface area contributed by atoms with E-state index in [0.717, 1.165) is 43.8 Å².